The monoisotopic (exact) mass is 592 g/mol. The number of nitrogens with zero attached hydrogens (tertiary/aromatic N) is 1. The number of carbonyl (C=O) groups is 2. The highest BCUT2D eigenvalue weighted by Crippen LogP contribution is 2.46. The molecule has 2 amide bonds. The lowest BCUT2D eigenvalue weighted by Gasteiger charge is -2.35. The average molecular weight is 593 g/mol. The fraction of sp³-hybridized carbons (Fsp3) is 0.700. The fourth-order valence-corrected chi connectivity index (χ4v) is 7.65. The molecule has 1 aromatic rings. The van der Waals surface area contributed by atoms with E-state index in [4.69, 9.17) is 22.4 Å². The average Bonchev–Trinajstić information content (AvgIpc) is 3.42. The van der Waals surface area contributed by atoms with E-state index in [1.165, 1.54) is 11.1 Å². The SMILES string of the molecule is CNC(C)C(=S)NC1CCSC2CC(C)(C)C(C(=O)N[C@@H]3CCc4ccccc43)N2C1=O.OCCCCCCO. The third-order valence-electron chi connectivity index (χ3n) is 8.21. The Balaban J connectivity index is 0.000000482. The van der Waals surface area contributed by atoms with Gasteiger partial charge in [-0.05, 0) is 74.8 Å². The fourth-order valence-electron chi connectivity index (χ4n) is 5.81. The lowest BCUT2D eigenvalue weighted by atomic mass is 9.84. The van der Waals surface area contributed by atoms with E-state index in [1.807, 2.05) is 31.0 Å². The number of carbonyl (C=O) groups excluding carboxylic acids is 2. The van der Waals surface area contributed by atoms with Crippen molar-refractivity contribution >= 4 is 40.8 Å². The van der Waals surface area contributed by atoms with Gasteiger partial charge in [-0.25, -0.2) is 0 Å². The van der Waals surface area contributed by atoms with Crippen LogP contribution in [0.2, 0.25) is 0 Å². The summed E-state index contributed by atoms with van der Waals surface area (Å²) in [6.07, 6.45) is 7.23. The van der Waals surface area contributed by atoms with Gasteiger partial charge in [0, 0.05) is 13.2 Å². The van der Waals surface area contributed by atoms with E-state index in [0.29, 0.717) is 11.4 Å². The van der Waals surface area contributed by atoms with Gasteiger partial charge in [0.15, 0.2) is 0 Å². The van der Waals surface area contributed by atoms with Gasteiger partial charge in [0.1, 0.15) is 12.1 Å². The normalized spacial score (nSPS) is 25.6. The summed E-state index contributed by atoms with van der Waals surface area (Å²) in [6, 6.07) is 7.43. The summed E-state index contributed by atoms with van der Waals surface area (Å²) in [6.45, 7) is 6.76. The molecule has 0 aromatic heterocycles. The first-order valence-corrected chi connectivity index (χ1v) is 16.1. The second-order valence-electron chi connectivity index (χ2n) is 11.7. The number of aliphatic hydroxyl groups excluding tert-OH is 2. The van der Waals surface area contributed by atoms with Crippen LogP contribution < -0.4 is 16.0 Å². The molecule has 5 atom stereocenters. The van der Waals surface area contributed by atoms with Crippen LogP contribution in [0, 0.1) is 5.41 Å². The van der Waals surface area contributed by atoms with Crippen LogP contribution in [0.5, 0.6) is 0 Å². The first-order valence-electron chi connectivity index (χ1n) is 14.7. The highest BCUT2D eigenvalue weighted by molar-refractivity contribution is 7.99. The predicted molar refractivity (Wildman–Crippen MR) is 166 cm³/mol. The van der Waals surface area contributed by atoms with E-state index in [0.717, 1.165) is 50.7 Å². The molecule has 0 spiro atoms. The van der Waals surface area contributed by atoms with E-state index in [2.05, 4.69) is 41.9 Å². The van der Waals surface area contributed by atoms with Crippen LogP contribution in [0.15, 0.2) is 24.3 Å². The largest absolute Gasteiger partial charge is 0.396 e. The van der Waals surface area contributed by atoms with Crippen LogP contribution in [0.1, 0.15) is 82.9 Å². The summed E-state index contributed by atoms with van der Waals surface area (Å²) in [5.41, 5.74) is 2.21. The molecule has 5 N–H and O–H groups in total. The smallest absolute Gasteiger partial charge is 0.246 e. The van der Waals surface area contributed by atoms with Crippen molar-refractivity contribution in [3.63, 3.8) is 0 Å². The number of fused-ring (bicyclic) bond motifs is 2. The number of aliphatic hydroxyl groups is 2. The molecule has 0 radical (unpaired) electrons. The molecule has 1 aliphatic carbocycles. The van der Waals surface area contributed by atoms with Crippen molar-refractivity contribution in [3.8, 4) is 0 Å². The van der Waals surface area contributed by atoms with Gasteiger partial charge in [-0.15, -0.1) is 11.8 Å². The standard InChI is InChI=1S/C24H34N4O2S2.C6H14O2/c1-14(25-4)22(31)27-18-11-12-32-19-13-24(2,3)20(28(19)23(18)30)21(29)26-17-10-9-15-7-5-6-8-16(15)17;7-5-3-1-2-4-6-8/h5-8,14,17-20,25H,9-13H2,1-4H3,(H,26,29)(H,27,31);7-8H,1-6H2/t14?,17-,18?,19?,20?;/m1./s1. The number of unbranched alkanes of at least 4 members (excludes halogenated alkanes) is 3. The van der Waals surface area contributed by atoms with Gasteiger partial charge in [-0.2, -0.15) is 0 Å². The van der Waals surface area contributed by atoms with Gasteiger partial charge in [0.05, 0.1) is 22.4 Å². The van der Waals surface area contributed by atoms with Gasteiger partial charge in [-0.1, -0.05) is 63.2 Å². The van der Waals surface area contributed by atoms with Crippen molar-refractivity contribution in [1.29, 1.82) is 0 Å². The third-order valence-corrected chi connectivity index (χ3v) is 9.93. The summed E-state index contributed by atoms with van der Waals surface area (Å²) >= 11 is 7.29. The molecule has 3 aliphatic rings. The van der Waals surface area contributed by atoms with E-state index < -0.39 is 12.1 Å². The van der Waals surface area contributed by atoms with Crippen molar-refractivity contribution < 1.29 is 19.8 Å². The number of nitrogens with one attached hydrogen (secondary N) is 3. The number of thiocarbonyl (C=S) groups is 1. The molecule has 2 heterocycles. The molecular formula is C30H48N4O4S2. The van der Waals surface area contributed by atoms with E-state index in [-0.39, 0.29) is 47.9 Å². The molecule has 8 nitrogen and oxygen atoms in total. The molecule has 2 fully saturated rings. The van der Waals surface area contributed by atoms with Gasteiger partial charge in [-0.3, -0.25) is 9.59 Å². The molecule has 0 saturated carbocycles. The third kappa shape index (κ3) is 8.18. The second-order valence-corrected chi connectivity index (χ2v) is 13.4. The Morgan fingerprint density at radius 2 is 1.77 bits per heavy atom. The van der Waals surface area contributed by atoms with Crippen LogP contribution in [0.3, 0.4) is 0 Å². The van der Waals surface area contributed by atoms with Crippen molar-refractivity contribution in [2.45, 2.75) is 102 Å². The summed E-state index contributed by atoms with van der Waals surface area (Å²) in [4.78, 5) is 29.8. The van der Waals surface area contributed by atoms with Crippen LogP contribution in [0.25, 0.3) is 0 Å². The minimum absolute atomic E-state index is 0.0109. The number of thioether (sulfide) groups is 1. The topological polar surface area (TPSA) is 114 Å². The molecular weight excluding hydrogens is 544 g/mol. The van der Waals surface area contributed by atoms with Gasteiger partial charge in [0.25, 0.3) is 0 Å². The zero-order chi connectivity index (χ0) is 29.3. The first kappa shape index (κ1) is 32.8. The zero-order valence-electron chi connectivity index (χ0n) is 24.4. The molecule has 40 heavy (non-hydrogen) atoms. The molecule has 2 saturated heterocycles. The Kier molecular flexibility index (Phi) is 12.7. The molecule has 4 rings (SSSR count). The number of rotatable bonds is 10. The van der Waals surface area contributed by atoms with Crippen LogP contribution in [-0.2, 0) is 16.0 Å². The molecule has 0 bridgehead atoms. The highest BCUT2D eigenvalue weighted by Gasteiger charge is 2.54. The van der Waals surface area contributed by atoms with Crippen LogP contribution >= 0.6 is 24.0 Å². The minimum atomic E-state index is -0.488. The number of aryl methyl sites for hydroxylation is 1. The lowest BCUT2D eigenvalue weighted by Crippen LogP contribution is -2.57. The maximum atomic E-state index is 13.7. The molecule has 4 unspecified atom stereocenters. The Morgan fingerprint density at radius 1 is 1.10 bits per heavy atom. The highest BCUT2D eigenvalue weighted by atomic mass is 32.2. The van der Waals surface area contributed by atoms with E-state index in [9.17, 15) is 9.59 Å². The summed E-state index contributed by atoms with van der Waals surface area (Å²) in [7, 11) is 1.85. The Labute approximate surface area is 249 Å². The maximum Gasteiger partial charge on any atom is 0.246 e. The minimum Gasteiger partial charge on any atom is -0.396 e. The zero-order valence-corrected chi connectivity index (χ0v) is 26.1. The summed E-state index contributed by atoms with van der Waals surface area (Å²) in [5.74, 6) is 0.810. The quantitative estimate of drug-likeness (QED) is 0.208. The second kappa shape index (κ2) is 15.5. The van der Waals surface area contributed by atoms with Crippen molar-refractivity contribution in [3.05, 3.63) is 35.4 Å². The Hall–Kier alpha value is -1.72. The lowest BCUT2D eigenvalue weighted by molar-refractivity contribution is -0.142. The van der Waals surface area contributed by atoms with Gasteiger partial charge in [0.2, 0.25) is 11.8 Å². The van der Waals surface area contributed by atoms with Crippen molar-refractivity contribution in [2.24, 2.45) is 5.41 Å². The Morgan fingerprint density at radius 3 is 2.42 bits per heavy atom. The number of likely N-dealkylation sites (N-methyl/N-ethyl adjacent to an activating group) is 1. The van der Waals surface area contributed by atoms with Crippen molar-refractivity contribution in [1.82, 2.24) is 20.9 Å². The molecule has 224 valence electrons. The van der Waals surface area contributed by atoms with Gasteiger partial charge < -0.3 is 31.1 Å². The Bertz CT molecular complexity index is 1000. The van der Waals surface area contributed by atoms with E-state index >= 15 is 0 Å². The van der Waals surface area contributed by atoms with E-state index in [1.54, 1.807) is 11.8 Å². The predicted octanol–water partition coefficient (Wildman–Crippen LogP) is 3.31. The maximum absolute atomic E-state index is 13.7. The molecule has 10 heteroatoms. The van der Waals surface area contributed by atoms with Crippen LogP contribution in [-0.4, -0.2) is 81.4 Å². The number of benzene rings is 1. The number of amides is 2. The van der Waals surface area contributed by atoms with Gasteiger partial charge >= 0.3 is 0 Å². The number of hydrogen-bond acceptors (Lipinski definition) is 7. The van der Waals surface area contributed by atoms with Crippen molar-refractivity contribution in [2.75, 3.05) is 26.0 Å². The first-order chi connectivity index (χ1) is 19.1. The van der Waals surface area contributed by atoms with Crippen LogP contribution in [0.4, 0.5) is 0 Å². The molecule has 1 aromatic carbocycles. The molecule has 2 aliphatic heterocycles. The number of hydrogen-bond donors (Lipinski definition) is 5. The summed E-state index contributed by atoms with van der Waals surface area (Å²) < 4.78 is 0. The summed E-state index contributed by atoms with van der Waals surface area (Å²) in [5, 5.41) is 26.3.